The van der Waals surface area contributed by atoms with Crippen LogP contribution in [0.5, 0.6) is 0 Å². The number of hydrogen-bond donors (Lipinski definition) is 5. The van der Waals surface area contributed by atoms with Gasteiger partial charge in [0.1, 0.15) is 29.8 Å². The fraction of sp³-hybridized carbons (Fsp3) is 0.883. The summed E-state index contributed by atoms with van der Waals surface area (Å²) >= 11 is 1.42. The highest BCUT2D eigenvalue weighted by molar-refractivity contribution is 7.99. The molecule has 5 amide bonds. The minimum atomic E-state index is -1.46. The fourth-order valence-corrected chi connectivity index (χ4v) is 9.24. The molecular weight excluding hydrogens is 999 g/mol. The van der Waals surface area contributed by atoms with Crippen LogP contribution in [-0.4, -0.2) is 114 Å². The molecular formula is C60H113N5O11S. The van der Waals surface area contributed by atoms with Crippen LogP contribution in [0, 0.1) is 0 Å². The van der Waals surface area contributed by atoms with E-state index >= 15 is 0 Å². The number of carbonyl (C=O) groups excluding carboxylic acids is 7. The fourth-order valence-electron chi connectivity index (χ4n) is 8.28. The molecule has 0 saturated heterocycles. The van der Waals surface area contributed by atoms with Crippen molar-refractivity contribution < 1.29 is 52.5 Å². The summed E-state index contributed by atoms with van der Waals surface area (Å²) in [5.74, 6) is -3.81. The van der Waals surface area contributed by atoms with Crippen molar-refractivity contribution in [3.8, 4) is 0 Å². The minimum Gasteiger partial charge on any atom is -0.466 e. The number of esters is 2. The number of unbranched alkanes of at least 4 members (excludes halogenated alkanes) is 24. The molecule has 0 aromatic carbocycles. The van der Waals surface area contributed by atoms with Crippen molar-refractivity contribution in [2.45, 2.75) is 310 Å². The van der Waals surface area contributed by atoms with Crippen molar-refractivity contribution in [1.29, 1.82) is 0 Å². The van der Waals surface area contributed by atoms with Gasteiger partial charge in [0.2, 0.25) is 29.5 Å². The van der Waals surface area contributed by atoms with E-state index in [9.17, 15) is 33.6 Å². The molecule has 0 radical (unpaired) electrons. The first-order chi connectivity index (χ1) is 36.4. The third kappa shape index (κ3) is 46.1. The van der Waals surface area contributed by atoms with Gasteiger partial charge in [-0.1, -0.05) is 168 Å². The van der Waals surface area contributed by atoms with Crippen molar-refractivity contribution >= 4 is 53.2 Å². The zero-order chi connectivity index (χ0) is 58.0. The summed E-state index contributed by atoms with van der Waals surface area (Å²) in [4.78, 5) is 93.4. The highest BCUT2D eigenvalue weighted by atomic mass is 32.2. The summed E-state index contributed by atoms with van der Waals surface area (Å²) in [5, 5.41) is 10.8. The van der Waals surface area contributed by atoms with Gasteiger partial charge < -0.3 is 45.9 Å². The number of rotatable bonds is 48. The first-order valence-corrected chi connectivity index (χ1v) is 31.3. The van der Waals surface area contributed by atoms with Crippen LogP contribution in [-0.2, 0) is 52.5 Å². The van der Waals surface area contributed by atoms with Gasteiger partial charge in [0.15, 0.2) is 0 Å². The van der Waals surface area contributed by atoms with Gasteiger partial charge in [0.05, 0.1) is 37.4 Å². The van der Waals surface area contributed by atoms with Crippen LogP contribution >= 0.6 is 11.8 Å². The van der Waals surface area contributed by atoms with Gasteiger partial charge in [-0.25, -0.2) is 4.79 Å². The van der Waals surface area contributed by atoms with E-state index in [1.54, 1.807) is 62.3 Å². The zero-order valence-corrected chi connectivity index (χ0v) is 51.4. The molecule has 0 spiro atoms. The Morgan fingerprint density at radius 1 is 0.442 bits per heavy atom. The number of nitrogens with two attached hydrogens (primary N) is 1. The number of primary amides is 1. The van der Waals surface area contributed by atoms with Crippen LogP contribution in [0.2, 0.25) is 0 Å². The highest BCUT2D eigenvalue weighted by Gasteiger charge is 2.35. The van der Waals surface area contributed by atoms with Gasteiger partial charge in [0, 0.05) is 18.6 Å². The molecule has 450 valence electrons. The van der Waals surface area contributed by atoms with Crippen molar-refractivity contribution in [2.24, 2.45) is 5.73 Å². The van der Waals surface area contributed by atoms with E-state index in [1.165, 1.54) is 134 Å². The number of ether oxygens (including phenoxy) is 4. The molecule has 77 heavy (non-hydrogen) atoms. The van der Waals surface area contributed by atoms with Crippen LogP contribution in [0.15, 0.2) is 0 Å². The molecule has 6 N–H and O–H groups in total. The molecule has 0 bridgehead atoms. The van der Waals surface area contributed by atoms with Crippen LogP contribution < -0.4 is 27.0 Å². The second-order valence-electron chi connectivity index (χ2n) is 24.0. The lowest BCUT2D eigenvalue weighted by Crippen LogP contribution is -2.60. The molecule has 0 saturated carbocycles. The molecule has 4 atom stereocenters. The molecule has 0 unspecified atom stereocenters. The van der Waals surface area contributed by atoms with E-state index < -0.39 is 77.0 Å². The lowest BCUT2D eigenvalue weighted by molar-refractivity contribution is -0.160. The maximum atomic E-state index is 14.3. The zero-order valence-electron chi connectivity index (χ0n) is 50.5. The lowest BCUT2D eigenvalue weighted by atomic mass is 10.0. The summed E-state index contributed by atoms with van der Waals surface area (Å²) in [6.07, 6.45) is 31.9. The molecule has 0 aliphatic carbocycles. The standard InChI is InChI=1S/C60H113N5O11S/c1-12-14-16-18-20-22-24-26-28-30-32-34-36-39-52(67)62-50(46-77-42-38-41-73-53(68)40-37-35-33-31-29-27-25-23-21-19-17-15-13-2)56(71)65-49(45-75-59(6,7)8)55(70)64-48(44-74-58(3,4)5)54(69)63-47(43-51(61)66)57(72)76-60(9,10)11/h47-50H,12-46H2,1-11H3,(H2,61,66)(H,62,67)(H,63,69)(H,64,70)(H,65,71)/t47-,48-,49-,50-/m0/s1. The molecule has 0 aromatic heterocycles. The Balaban J connectivity index is 5.82. The van der Waals surface area contributed by atoms with Crippen molar-refractivity contribution in [2.75, 3.05) is 31.3 Å². The maximum absolute atomic E-state index is 14.3. The van der Waals surface area contributed by atoms with Crippen molar-refractivity contribution in [3.63, 3.8) is 0 Å². The van der Waals surface area contributed by atoms with E-state index in [4.69, 9.17) is 24.7 Å². The number of nitrogens with one attached hydrogen (secondary N) is 4. The SMILES string of the molecule is CCCCCCCCCCCCCCCC(=O)N[C@@H](CSCCCOC(=O)CCCCCCCCCCCCCCC)C(=O)N[C@@H](COC(C)(C)C)C(=O)N[C@@H](COC(C)(C)C)C(=O)N[C@@H](CC(N)=O)C(=O)OC(C)(C)C. The average molecular weight is 1110 g/mol. The second kappa shape index (κ2) is 44.3. The molecule has 0 rings (SSSR count). The Bertz CT molecular complexity index is 1610. The molecule has 0 aromatic rings. The third-order valence-corrected chi connectivity index (χ3v) is 13.8. The summed E-state index contributed by atoms with van der Waals surface area (Å²) in [6, 6.07) is -5.26. The summed E-state index contributed by atoms with van der Waals surface area (Å²) < 4.78 is 22.9. The Hall–Kier alpha value is -3.44. The third-order valence-electron chi connectivity index (χ3n) is 12.7. The predicted molar refractivity (Wildman–Crippen MR) is 312 cm³/mol. The van der Waals surface area contributed by atoms with Crippen molar-refractivity contribution in [1.82, 2.24) is 21.3 Å². The van der Waals surface area contributed by atoms with Gasteiger partial charge in [-0.2, -0.15) is 11.8 Å². The first-order valence-electron chi connectivity index (χ1n) is 30.1. The number of carbonyl (C=O) groups is 7. The van der Waals surface area contributed by atoms with Gasteiger partial charge >= 0.3 is 11.9 Å². The lowest BCUT2D eigenvalue weighted by Gasteiger charge is -2.30. The summed E-state index contributed by atoms with van der Waals surface area (Å²) in [6.45, 7) is 19.7. The number of amides is 5. The predicted octanol–water partition coefficient (Wildman–Crippen LogP) is 11.4. The summed E-state index contributed by atoms with van der Waals surface area (Å²) in [7, 11) is 0. The monoisotopic (exact) mass is 1110 g/mol. The van der Waals surface area contributed by atoms with Gasteiger partial charge in [-0.15, -0.1) is 0 Å². The summed E-state index contributed by atoms with van der Waals surface area (Å²) in [5.41, 5.74) is 3.00. The van der Waals surface area contributed by atoms with E-state index in [0.717, 1.165) is 38.5 Å². The van der Waals surface area contributed by atoms with Crippen molar-refractivity contribution in [3.05, 3.63) is 0 Å². The smallest absolute Gasteiger partial charge is 0.329 e. The van der Waals surface area contributed by atoms with E-state index in [-0.39, 0.29) is 43.9 Å². The van der Waals surface area contributed by atoms with E-state index in [2.05, 4.69) is 35.1 Å². The van der Waals surface area contributed by atoms with Crippen LogP contribution in [0.25, 0.3) is 0 Å². The highest BCUT2D eigenvalue weighted by Crippen LogP contribution is 2.17. The molecule has 0 fully saturated rings. The molecule has 17 heteroatoms. The maximum Gasteiger partial charge on any atom is 0.329 e. The largest absolute Gasteiger partial charge is 0.466 e. The van der Waals surface area contributed by atoms with Gasteiger partial charge in [-0.05, 0) is 87.3 Å². The van der Waals surface area contributed by atoms with Gasteiger partial charge in [0.25, 0.3) is 0 Å². The Morgan fingerprint density at radius 3 is 1.18 bits per heavy atom. The Morgan fingerprint density at radius 2 is 0.805 bits per heavy atom. The molecule has 0 aliphatic heterocycles. The number of hydrogen-bond acceptors (Lipinski definition) is 12. The quantitative estimate of drug-likeness (QED) is 0.0283. The Kier molecular flexibility index (Phi) is 42.3. The topological polar surface area (TPSA) is 231 Å². The van der Waals surface area contributed by atoms with E-state index in [0.29, 0.717) is 25.0 Å². The molecule has 0 heterocycles. The average Bonchev–Trinajstić information content (AvgIpc) is 3.33. The molecule has 16 nitrogen and oxygen atoms in total. The first kappa shape index (κ1) is 73.6. The number of thioether (sulfide) groups is 1. The minimum absolute atomic E-state index is 0.175. The Labute approximate surface area is 472 Å². The van der Waals surface area contributed by atoms with Gasteiger partial charge in [-0.3, -0.25) is 28.8 Å². The van der Waals surface area contributed by atoms with E-state index in [1.807, 2.05) is 0 Å². The second-order valence-corrected chi connectivity index (χ2v) is 25.1. The van der Waals surface area contributed by atoms with Crippen LogP contribution in [0.4, 0.5) is 0 Å². The van der Waals surface area contributed by atoms with Crippen LogP contribution in [0.1, 0.15) is 269 Å². The molecule has 0 aliphatic rings. The van der Waals surface area contributed by atoms with Crippen LogP contribution in [0.3, 0.4) is 0 Å². The normalized spacial score (nSPS) is 13.5.